The average molecular weight is 470 g/mol. The van der Waals surface area contributed by atoms with Crippen molar-refractivity contribution < 1.29 is 0 Å². The van der Waals surface area contributed by atoms with Crippen molar-refractivity contribution in [2.75, 3.05) is 0 Å². The highest BCUT2D eigenvalue weighted by molar-refractivity contribution is 6.37. The van der Waals surface area contributed by atoms with Gasteiger partial charge in [-0.05, 0) is 58.1 Å². The highest BCUT2D eigenvalue weighted by Crippen LogP contribution is 2.48. The summed E-state index contributed by atoms with van der Waals surface area (Å²) in [5, 5.41) is 21.8. The van der Waals surface area contributed by atoms with Crippen LogP contribution < -0.4 is 0 Å². The first-order valence-corrected chi connectivity index (χ1v) is 10.5. The molecule has 0 amide bonds. The molecule has 0 bridgehead atoms. The Labute approximate surface area is 194 Å². The molecule has 0 fully saturated rings. The first-order chi connectivity index (χ1) is 14.5. The van der Waals surface area contributed by atoms with E-state index in [4.69, 9.17) is 46.4 Å². The fourth-order valence-corrected chi connectivity index (χ4v) is 4.88. The van der Waals surface area contributed by atoms with Crippen LogP contribution in [0.4, 0.5) is 0 Å². The number of fused-ring (bicyclic) bond motifs is 2. The molecule has 0 saturated carbocycles. The molecule has 30 heavy (non-hydrogen) atoms. The second kappa shape index (κ2) is 8.35. The zero-order valence-corrected chi connectivity index (χ0v) is 18.4. The van der Waals surface area contributed by atoms with Crippen LogP contribution in [0.1, 0.15) is 45.2 Å². The molecule has 1 aliphatic carbocycles. The van der Waals surface area contributed by atoms with Crippen LogP contribution in [0.3, 0.4) is 0 Å². The van der Waals surface area contributed by atoms with Crippen molar-refractivity contribution in [2.24, 2.45) is 0 Å². The van der Waals surface area contributed by atoms with Crippen molar-refractivity contribution in [3.8, 4) is 12.1 Å². The highest BCUT2D eigenvalue weighted by Gasteiger charge is 2.35. The summed E-state index contributed by atoms with van der Waals surface area (Å²) in [5.41, 5.74) is 4.27. The molecule has 6 heteroatoms. The van der Waals surface area contributed by atoms with Gasteiger partial charge in [0.25, 0.3) is 0 Å². The molecule has 3 aromatic carbocycles. The van der Waals surface area contributed by atoms with Gasteiger partial charge in [0.1, 0.15) is 0 Å². The number of benzene rings is 3. The van der Waals surface area contributed by atoms with Gasteiger partial charge in [-0.1, -0.05) is 76.8 Å². The molecule has 1 aliphatic rings. The minimum atomic E-state index is -0.622. The molecule has 2 nitrogen and oxygen atoms in total. The molecule has 2 unspecified atom stereocenters. The van der Waals surface area contributed by atoms with Crippen molar-refractivity contribution in [1.82, 2.24) is 0 Å². The summed E-state index contributed by atoms with van der Waals surface area (Å²) in [7, 11) is 0. The van der Waals surface area contributed by atoms with Gasteiger partial charge in [0.2, 0.25) is 0 Å². The Kier molecular flexibility index (Phi) is 5.79. The summed E-state index contributed by atoms with van der Waals surface area (Å²) in [6.45, 7) is 0. The zero-order chi connectivity index (χ0) is 21.4. The smallest absolute Gasteiger partial charge is 0.0984 e. The fourth-order valence-electron chi connectivity index (χ4n) is 3.81. The lowest BCUT2D eigenvalue weighted by Crippen LogP contribution is -2.18. The Morgan fingerprint density at radius 3 is 1.80 bits per heavy atom. The van der Waals surface area contributed by atoms with Crippen LogP contribution in [0.5, 0.6) is 0 Å². The van der Waals surface area contributed by atoms with Crippen LogP contribution in [-0.4, -0.2) is 0 Å². The lowest BCUT2D eigenvalue weighted by atomic mass is 9.73. The van der Waals surface area contributed by atoms with Gasteiger partial charge in [0, 0.05) is 25.7 Å². The largest absolute Gasteiger partial charge is 0.197 e. The Bertz CT molecular complexity index is 1260. The molecule has 3 aromatic rings. The van der Waals surface area contributed by atoms with Crippen LogP contribution in [-0.2, 0) is 0 Å². The molecule has 146 valence electrons. The molecule has 0 radical (unpaired) electrons. The van der Waals surface area contributed by atoms with E-state index >= 15 is 0 Å². The molecule has 2 atom stereocenters. The second-order valence-corrected chi connectivity index (χ2v) is 8.47. The van der Waals surface area contributed by atoms with E-state index in [9.17, 15) is 10.5 Å². The Morgan fingerprint density at radius 1 is 0.667 bits per heavy atom. The summed E-state index contributed by atoms with van der Waals surface area (Å²) in [6, 6.07) is 18.9. The molecule has 0 aliphatic heterocycles. The topological polar surface area (TPSA) is 47.6 Å². The van der Waals surface area contributed by atoms with Gasteiger partial charge in [-0.15, -0.1) is 0 Å². The van der Waals surface area contributed by atoms with Crippen molar-refractivity contribution >= 4 is 58.6 Å². The summed E-state index contributed by atoms with van der Waals surface area (Å²) >= 11 is 25.3. The lowest BCUT2D eigenvalue weighted by molar-refractivity contribution is 0.871. The summed E-state index contributed by atoms with van der Waals surface area (Å²) in [5.74, 6) is -1.22. The predicted molar refractivity (Wildman–Crippen MR) is 123 cm³/mol. The van der Waals surface area contributed by atoms with E-state index in [2.05, 4.69) is 12.1 Å². The molecule has 0 heterocycles. The number of nitrogens with zero attached hydrogens (tertiary/aromatic N) is 2. The number of halogens is 4. The van der Waals surface area contributed by atoms with E-state index in [1.54, 1.807) is 30.3 Å². The maximum absolute atomic E-state index is 9.94. The second-order valence-electron chi connectivity index (χ2n) is 6.84. The first kappa shape index (κ1) is 20.8. The zero-order valence-electron chi connectivity index (χ0n) is 15.3. The van der Waals surface area contributed by atoms with Crippen molar-refractivity contribution in [1.29, 1.82) is 10.5 Å². The minimum Gasteiger partial charge on any atom is -0.197 e. The Hall–Kier alpha value is -2.46. The van der Waals surface area contributed by atoms with Gasteiger partial charge in [-0.2, -0.15) is 10.5 Å². The number of nitriles is 2. The monoisotopic (exact) mass is 468 g/mol. The third kappa shape index (κ3) is 3.47. The average Bonchev–Trinajstić information content (AvgIpc) is 2.74. The maximum Gasteiger partial charge on any atom is 0.0984 e. The Balaban J connectivity index is 1.85. The summed E-state index contributed by atoms with van der Waals surface area (Å²) in [4.78, 5) is 0. The van der Waals surface area contributed by atoms with Crippen LogP contribution in [0, 0.1) is 22.7 Å². The molecular weight excluding hydrogens is 458 g/mol. The van der Waals surface area contributed by atoms with E-state index in [0.717, 1.165) is 16.7 Å². The highest BCUT2D eigenvalue weighted by atomic mass is 35.5. The Morgan fingerprint density at radius 2 is 1.23 bits per heavy atom. The quantitative estimate of drug-likeness (QED) is 0.356. The third-order valence-electron chi connectivity index (χ3n) is 5.19. The predicted octanol–water partition coefficient (Wildman–Crippen LogP) is 8.09. The van der Waals surface area contributed by atoms with E-state index in [1.807, 2.05) is 30.4 Å². The number of rotatable bonds is 2. The normalized spacial score (nSPS) is 17.1. The van der Waals surface area contributed by atoms with E-state index in [1.165, 1.54) is 0 Å². The molecular formula is C24H12Cl4N2. The van der Waals surface area contributed by atoms with E-state index in [0.29, 0.717) is 36.8 Å². The van der Waals surface area contributed by atoms with Gasteiger partial charge in [-0.3, -0.25) is 0 Å². The molecule has 4 rings (SSSR count). The number of hydrogen-bond donors (Lipinski definition) is 0. The van der Waals surface area contributed by atoms with E-state index in [-0.39, 0.29) is 0 Å². The fraction of sp³-hybridized carbons (Fsp3) is 0.0833. The van der Waals surface area contributed by atoms with Gasteiger partial charge in [0.05, 0.1) is 24.0 Å². The van der Waals surface area contributed by atoms with Crippen molar-refractivity contribution in [3.05, 3.63) is 102 Å². The summed E-state index contributed by atoms with van der Waals surface area (Å²) in [6.07, 6.45) is 3.70. The van der Waals surface area contributed by atoms with Crippen LogP contribution in [0.15, 0.2) is 48.5 Å². The van der Waals surface area contributed by atoms with Gasteiger partial charge in [0.15, 0.2) is 0 Å². The molecule has 0 saturated heterocycles. The lowest BCUT2D eigenvalue weighted by Gasteiger charge is -2.29. The van der Waals surface area contributed by atoms with Crippen LogP contribution in [0.2, 0.25) is 20.1 Å². The molecule has 0 N–H and O–H groups in total. The standard InChI is InChI=1S/C24H12Cl4N2/c25-19-2-1-3-20(26)15(19)7-5-13-4-6-14-16(10-13)18(12-30)24-22(28)9-8-21(27)23(24)17(14)11-29/h1-10,17-18H. The third-order valence-corrected chi connectivity index (χ3v) is 6.51. The maximum atomic E-state index is 9.94. The van der Waals surface area contributed by atoms with Crippen molar-refractivity contribution in [3.63, 3.8) is 0 Å². The number of hydrogen-bond acceptors (Lipinski definition) is 2. The molecule has 0 aromatic heterocycles. The molecule has 0 spiro atoms. The van der Waals surface area contributed by atoms with Gasteiger partial charge in [-0.25, -0.2) is 0 Å². The first-order valence-electron chi connectivity index (χ1n) is 8.99. The van der Waals surface area contributed by atoms with Crippen molar-refractivity contribution in [2.45, 2.75) is 11.8 Å². The van der Waals surface area contributed by atoms with Gasteiger partial charge >= 0.3 is 0 Å². The summed E-state index contributed by atoms with van der Waals surface area (Å²) < 4.78 is 0. The SMILES string of the molecule is N#CC1c2ccc(C=Cc3c(Cl)cccc3Cl)cc2C(C#N)c2c(Cl)ccc(Cl)c21. The van der Waals surface area contributed by atoms with E-state index < -0.39 is 11.8 Å². The van der Waals surface area contributed by atoms with Crippen LogP contribution in [0.25, 0.3) is 12.2 Å². The van der Waals surface area contributed by atoms with Crippen LogP contribution >= 0.6 is 46.4 Å². The van der Waals surface area contributed by atoms with Gasteiger partial charge < -0.3 is 0 Å². The minimum absolute atomic E-state index is 0.427.